The molecule has 0 aliphatic rings. The molecule has 10 heteroatoms. The summed E-state index contributed by atoms with van der Waals surface area (Å²) in [4.78, 5) is 20.7. The van der Waals surface area contributed by atoms with Gasteiger partial charge in [-0.25, -0.2) is 13.4 Å². The normalized spacial score (nSPS) is 12.4. The molecular weight excluding hydrogens is 509 g/mol. The highest BCUT2D eigenvalue weighted by Crippen LogP contribution is 2.29. The summed E-state index contributed by atoms with van der Waals surface area (Å²) in [5.74, 6) is -1.19. The highest BCUT2D eigenvalue weighted by atomic mass is 32.2. The predicted octanol–water partition coefficient (Wildman–Crippen LogP) is 4.56. The van der Waals surface area contributed by atoms with Crippen LogP contribution in [0.4, 0.5) is 4.39 Å². The van der Waals surface area contributed by atoms with Gasteiger partial charge in [-0.2, -0.15) is 9.37 Å². The number of unbranched alkanes of at least 4 members (excludes halogenated alkanes) is 1. The van der Waals surface area contributed by atoms with Crippen molar-refractivity contribution in [2.75, 3.05) is 13.7 Å². The Morgan fingerprint density at radius 1 is 1.03 bits per heavy atom. The first kappa shape index (κ1) is 27.2. The number of benzene rings is 2. The predicted molar refractivity (Wildman–Crippen MR) is 140 cm³/mol. The molecule has 2 aromatic heterocycles. The Kier molecular flexibility index (Phi) is 8.33. The first-order valence-corrected chi connectivity index (χ1v) is 13.6. The molecule has 4 rings (SSSR count). The van der Waals surface area contributed by atoms with Crippen LogP contribution in [0.15, 0.2) is 87.5 Å². The van der Waals surface area contributed by atoms with Crippen LogP contribution in [-0.2, 0) is 21.0 Å². The summed E-state index contributed by atoms with van der Waals surface area (Å²) in [5, 5.41) is 10.8. The summed E-state index contributed by atoms with van der Waals surface area (Å²) >= 11 is 0. The Labute approximate surface area is 220 Å². The number of ether oxygens (including phenoxy) is 1. The van der Waals surface area contributed by atoms with E-state index in [4.69, 9.17) is 4.74 Å². The van der Waals surface area contributed by atoms with Gasteiger partial charge >= 0.3 is 0 Å². The van der Waals surface area contributed by atoms with Gasteiger partial charge in [-0.3, -0.25) is 9.36 Å². The maximum Gasteiger partial charge on any atom is 0.277 e. The van der Waals surface area contributed by atoms with Gasteiger partial charge in [0.25, 0.3) is 5.56 Å². The smallest absolute Gasteiger partial charge is 0.277 e. The van der Waals surface area contributed by atoms with Gasteiger partial charge in [0.05, 0.1) is 17.5 Å². The van der Waals surface area contributed by atoms with E-state index in [1.807, 2.05) is 37.3 Å². The minimum Gasteiger partial charge on any atom is -0.492 e. The number of methoxy groups -OCH3 is 1. The molecule has 198 valence electrons. The lowest BCUT2D eigenvalue weighted by Gasteiger charge is -2.24. The maximum absolute atomic E-state index is 13.9. The van der Waals surface area contributed by atoms with Crippen LogP contribution in [0.1, 0.15) is 37.2 Å². The van der Waals surface area contributed by atoms with Crippen molar-refractivity contribution in [3.8, 4) is 17.0 Å². The third-order valence-electron chi connectivity index (χ3n) is 6.20. The van der Waals surface area contributed by atoms with Crippen LogP contribution in [0.3, 0.4) is 0 Å². The summed E-state index contributed by atoms with van der Waals surface area (Å²) in [6.07, 6.45) is 3.20. The number of pyridine rings is 1. The molecule has 0 spiro atoms. The number of rotatable bonds is 10. The molecule has 1 unspecified atom stereocenters. The average molecular weight is 538 g/mol. The summed E-state index contributed by atoms with van der Waals surface area (Å²) in [6.45, 7) is 2.08. The van der Waals surface area contributed by atoms with Crippen LogP contribution in [0.5, 0.6) is 5.88 Å². The van der Waals surface area contributed by atoms with E-state index in [1.54, 1.807) is 0 Å². The SMILES string of the molecule is CCCCc1nc(O)c(S(=O)(=O)c2ccc(-c3ccc(F)nc3)cc2)c(=O)n1C(COC)c1ccccc1. The standard InChI is InChI=1S/C28H28FN3O5S/c1-3-4-10-25-31-27(33)26(28(34)32(25)23(18-37-2)20-8-6-5-7-9-20)38(35,36)22-14-11-19(12-15-22)21-13-16-24(29)30-17-21/h5-9,11-17,23,33H,3-4,10,18H2,1-2H3. The van der Waals surface area contributed by atoms with Crippen molar-refractivity contribution in [3.05, 3.63) is 101 Å². The molecule has 0 fully saturated rings. The molecule has 4 aromatic rings. The number of aryl methyl sites for hydroxylation is 1. The second-order valence-electron chi connectivity index (χ2n) is 8.74. The molecule has 0 amide bonds. The van der Waals surface area contributed by atoms with Crippen molar-refractivity contribution < 1.29 is 22.7 Å². The van der Waals surface area contributed by atoms with Crippen LogP contribution in [0.2, 0.25) is 0 Å². The first-order valence-electron chi connectivity index (χ1n) is 12.1. The van der Waals surface area contributed by atoms with E-state index < -0.39 is 38.2 Å². The topological polar surface area (TPSA) is 111 Å². The van der Waals surface area contributed by atoms with E-state index in [1.165, 1.54) is 54.3 Å². The number of nitrogens with zero attached hydrogens (tertiary/aromatic N) is 3. The molecule has 2 heterocycles. The Hall–Kier alpha value is -3.89. The Morgan fingerprint density at radius 3 is 2.32 bits per heavy atom. The van der Waals surface area contributed by atoms with E-state index >= 15 is 0 Å². The summed E-state index contributed by atoms with van der Waals surface area (Å²) in [6, 6.07) is 16.9. The molecule has 2 aromatic carbocycles. The lowest BCUT2D eigenvalue weighted by molar-refractivity contribution is 0.165. The van der Waals surface area contributed by atoms with E-state index in [2.05, 4.69) is 9.97 Å². The van der Waals surface area contributed by atoms with Gasteiger partial charge in [0.1, 0.15) is 5.82 Å². The number of hydrogen-bond donors (Lipinski definition) is 1. The fourth-order valence-electron chi connectivity index (χ4n) is 4.26. The van der Waals surface area contributed by atoms with E-state index in [0.29, 0.717) is 24.0 Å². The monoisotopic (exact) mass is 537 g/mol. The largest absolute Gasteiger partial charge is 0.492 e. The maximum atomic E-state index is 13.9. The molecule has 0 aliphatic carbocycles. The van der Waals surface area contributed by atoms with Crippen molar-refractivity contribution in [2.45, 2.75) is 42.0 Å². The molecular formula is C28H28FN3O5S. The zero-order valence-corrected chi connectivity index (χ0v) is 21.9. The van der Waals surface area contributed by atoms with Crippen molar-refractivity contribution in [1.29, 1.82) is 0 Å². The number of halogens is 1. The molecule has 1 N–H and O–H groups in total. The van der Waals surface area contributed by atoms with Crippen LogP contribution in [-0.4, -0.2) is 41.8 Å². The number of sulfone groups is 1. The van der Waals surface area contributed by atoms with Crippen molar-refractivity contribution in [1.82, 2.24) is 14.5 Å². The highest BCUT2D eigenvalue weighted by Gasteiger charge is 2.32. The summed E-state index contributed by atoms with van der Waals surface area (Å²) < 4.78 is 47.2. The van der Waals surface area contributed by atoms with Crippen molar-refractivity contribution in [3.63, 3.8) is 0 Å². The van der Waals surface area contributed by atoms with Crippen LogP contribution < -0.4 is 5.56 Å². The van der Waals surface area contributed by atoms with Gasteiger partial charge in [0.15, 0.2) is 4.90 Å². The number of aromatic nitrogens is 3. The third kappa shape index (κ3) is 5.51. The van der Waals surface area contributed by atoms with Crippen molar-refractivity contribution in [2.24, 2.45) is 0 Å². The number of hydrogen-bond acceptors (Lipinski definition) is 7. The molecule has 0 aliphatic heterocycles. The van der Waals surface area contributed by atoms with Crippen LogP contribution in [0, 0.1) is 5.95 Å². The van der Waals surface area contributed by atoms with Gasteiger partial charge in [0.2, 0.25) is 21.7 Å². The zero-order valence-electron chi connectivity index (χ0n) is 21.0. The molecule has 0 saturated carbocycles. The minimum atomic E-state index is -4.46. The fourth-order valence-corrected chi connectivity index (χ4v) is 5.61. The second kappa shape index (κ2) is 11.7. The van der Waals surface area contributed by atoms with Gasteiger partial charge in [-0.05, 0) is 41.8 Å². The Bertz CT molecular complexity index is 1560. The molecule has 38 heavy (non-hydrogen) atoms. The lowest BCUT2D eigenvalue weighted by Crippen LogP contribution is -2.35. The lowest BCUT2D eigenvalue weighted by atomic mass is 10.1. The van der Waals surface area contributed by atoms with Crippen LogP contribution in [0.25, 0.3) is 11.1 Å². The summed E-state index contributed by atoms with van der Waals surface area (Å²) in [7, 11) is -2.96. The third-order valence-corrected chi connectivity index (χ3v) is 7.99. The quantitative estimate of drug-likeness (QED) is 0.295. The van der Waals surface area contributed by atoms with E-state index in [9.17, 15) is 22.7 Å². The fraction of sp³-hybridized carbons (Fsp3) is 0.250. The van der Waals surface area contributed by atoms with Crippen molar-refractivity contribution >= 4 is 9.84 Å². The van der Waals surface area contributed by atoms with Gasteiger partial charge in [-0.1, -0.05) is 55.8 Å². The minimum absolute atomic E-state index is 0.0926. The zero-order chi connectivity index (χ0) is 27.3. The molecule has 8 nitrogen and oxygen atoms in total. The molecule has 0 saturated heterocycles. The molecule has 1 atom stereocenters. The Morgan fingerprint density at radius 2 is 1.71 bits per heavy atom. The van der Waals surface area contributed by atoms with E-state index in [-0.39, 0.29) is 17.3 Å². The van der Waals surface area contributed by atoms with Gasteiger partial charge in [0, 0.05) is 25.3 Å². The first-order chi connectivity index (χ1) is 18.3. The van der Waals surface area contributed by atoms with Gasteiger partial charge < -0.3 is 9.84 Å². The highest BCUT2D eigenvalue weighted by molar-refractivity contribution is 7.91. The van der Waals surface area contributed by atoms with Crippen LogP contribution >= 0.6 is 0 Å². The van der Waals surface area contributed by atoms with E-state index in [0.717, 1.165) is 12.0 Å². The summed E-state index contributed by atoms with van der Waals surface area (Å²) in [5.41, 5.74) is 1.06. The second-order valence-corrected chi connectivity index (χ2v) is 10.6. The number of aromatic hydroxyl groups is 1. The molecule has 0 bridgehead atoms. The van der Waals surface area contributed by atoms with Gasteiger partial charge in [-0.15, -0.1) is 0 Å². The molecule has 0 radical (unpaired) electrons. The average Bonchev–Trinajstić information content (AvgIpc) is 2.92. The Balaban J connectivity index is 1.85.